The molecule has 0 unspecified atom stereocenters. The van der Waals surface area contributed by atoms with Crippen molar-refractivity contribution in [3.8, 4) is 0 Å². The van der Waals surface area contributed by atoms with Crippen molar-refractivity contribution in [2.75, 3.05) is 19.6 Å². The second kappa shape index (κ2) is 27.3. The quantitative estimate of drug-likeness (QED) is 0.102. The third-order valence-electron chi connectivity index (χ3n) is 5.98. The molecule has 0 spiro atoms. The van der Waals surface area contributed by atoms with Crippen molar-refractivity contribution in [2.24, 2.45) is 0 Å². The third-order valence-corrected chi connectivity index (χ3v) is 5.98. The van der Waals surface area contributed by atoms with E-state index < -0.39 is 7.82 Å². The molecule has 0 heterocycles. The minimum Gasteiger partial charge on any atom is -0.303 e. The Hall–Kier alpha value is 0.0700. The number of hydrogen-bond donors (Lipinski definition) is 3. The topological polar surface area (TPSA) is 81.0 Å². The molecule has 196 valence electrons. The fourth-order valence-electron chi connectivity index (χ4n) is 4.04. The highest BCUT2D eigenvalue weighted by atomic mass is 31.2. The zero-order chi connectivity index (χ0) is 24.3. The Balaban J connectivity index is 0. The van der Waals surface area contributed by atoms with Gasteiger partial charge in [-0.1, -0.05) is 130 Å². The van der Waals surface area contributed by atoms with Crippen molar-refractivity contribution < 1.29 is 19.2 Å². The van der Waals surface area contributed by atoms with Gasteiger partial charge in [-0.25, -0.2) is 4.57 Å². The third kappa shape index (κ3) is 37.4. The predicted molar refractivity (Wildman–Crippen MR) is 140 cm³/mol. The fraction of sp³-hybridized carbons (Fsp3) is 1.00. The minimum absolute atomic E-state index is 1.36. The van der Waals surface area contributed by atoms with Crippen molar-refractivity contribution in [1.29, 1.82) is 0 Å². The molecule has 0 rings (SSSR count). The van der Waals surface area contributed by atoms with Gasteiger partial charge in [-0.3, -0.25) is 0 Å². The standard InChI is InChI=1S/C26H55N.H3O4P/c1-4-7-10-13-16-17-20-23-26-27(24-21-18-14-11-8-5-2)25-22-19-15-12-9-6-3;1-5(2,3)4/h4-26H2,1-3H3;(H3,1,2,3,4). The monoisotopic (exact) mass is 479 g/mol. The van der Waals surface area contributed by atoms with Gasteiger partial charge in [0.1, 0.15) is 0 Å². The Morgan fingerprint density at radius 1 is 0.438 bits per heavy atom. The van der Waals surface area contributed by atoms with Gasteiger partial charge in [-0.15, -0.1) is 0 Å². The second-order valence-corrected chi connectivity index (χ2v) is 10.4. The van der Waals surface area contributed by atoms with Gasteiger partial charge in [-0.2, -0.15) is 0 Å². The van der Waals surface area contributed by atoms with Crippen LogP contribution in [0, 0.1) is 0 Å². The highest BCUT2D eigenvalue weighted by molar-refractivity contribution is 7.45. The summed E-state index contributed by atoms with van der Waals surface area (Å²) < 4.78 is 8.88. The minimum atomic E-state index is -4.64. The molecule has 0 saturated heterocycles. The van der Waals surface area contributed by atoms with Crippen molar-refractivity contribution in [3.63, 3.8) is 0 Å². The summed E-state index contributed by atoms with van der Waals surface area (Å²) in [4.78, 5) is 24.4. The first-order valence-electron chi connectivity index (χ1n) is 13.9. The van der Waals surface area contributed by atoms with E-state index in [0.717, 1.165) is 0 Å². The molecule has 5 nitrogen and oxygen atoms in total. The molecule has 0 atom stereocenters. The van der Waals surface area contributed by atoms with E-state index in [1.165, 1.54) is 148 Å². The molecule has 0 bridgehead atoms. The van der Waals surface area contributed by atoms with Gasteiger partial charge in [-0.05, 0) is 38.9 Å². The number of phosphoric acid groups is 1. The lowest BCUT2D eigenvalue weighted by Crippen LogP contribution is -2.27. The molecule has 6 heteroatoms. The molecule has 0 aromatic carbocycles. The van der Waals surface area contributed by atoms with Crippen LogP contribution in [0.3, 0.4) is 0 Å². The SMILES string of the molecule is CCCCCCCCCCN(CCCCCCCC)CCCCCCCC.O=P(O)(O)O. The molecule has 0 fully saturated rings. The molecule has 0 amide bonds. The van der Waals surface area contributed by atoms with Gasteiger partial charge in [0.05, 0.1) is 0 Å². The van der Waals surface area contributed by atoms with Crippen LogP contribution < -0.4 is 0 Å². The summed E-state index contributed by atoms with van der Waals surface area (Å²) in [5.74, 6) is 0. The Kier molecular flexibility index (Phi) is 29.2. The molecule has 0 aliphatic heterocycles. The first-order valence-corrected chi connectivity index (χ1v) is 15.4. The molecule has 32 heavy (non-hydrogen) atoms. The largest absolute Gasteiger partial charge is 0.466 e. The van der Waals surface area contributed by atoms with E-state index in [9.17, 15) is 0 Å². The summed E-state index contributed by atoms with van der Waals surface area (Å²) in [7, 11) is -4.64. The normalized spacial score (nSPS) is 11.6. The lowest BCUT2D eigenvalue weighted by molar-refractivity contribution is 0.254. The van der Waals surface area contributed by atoms with Gasteiger partial charge in [0.2, 0.25) is 0 Å². The van der Waals surface area contributed by atoms with Crippen molar-refractivity contribution in [1.82, 2.24) is 4.90 Å². The van der Waals surface area contributed by atoms with Crippen LogP contribution in [0.15, 0.2) is 0 Å². The fourth-order valence-corrected chi connectivity index (χ4v) is 4.04. The first kappa shape index (κ1) is 34.2. The van der Waals surface area contributed by atoms with Crippen molar-refractivity contribution in [2.45, 2.75) is 149 Å². The van der Waals surface area contributed by atoms with Gasteiger partial charge in [0.25, 0.3) is 0 Å². The zero-order valence-electron chi connectivity index (χ0n) is 21.9. The molecule has 0 aliphatic rings. The average molecular weight is 480 g/mol. The Morgan fingerprint density at radius 3 is 0.844 bits per heavy atom. The van der Waals surface area contributed by atoms with Gasteiger partial charge in [0.15, 0.2) is 0 Å². The maximum atomic E-state index is 8.88. The van der Waals surface area contributed by atoms with Crippen LogP contribution in [-0.4, -0.2) is 39.2 Å². The van der Waals surface area contributed by atoms with Crippen LogP contribution in [0.2, 0.25) is 0 Å². The maximum Gasteiger partial charge on any atom is 0.466 e. The molecular weight excluding hydrogens is 421 g/mol. The number of nitrogens with zero attached hydrogens (tertiary/aromatic N) is 1. The predicted octanol–water partition coefficient (Wildman–Crippen LogP) is 8.22. The van der Waals surface area contributed by atoms with Crippen LogP contribution in [0.5, 0.6) is 0 Å². The van der Waals surface area contributed by atoms with E-state index in [2.05, 4.69) is 25.7 Å². The van der Waals surface area contributed by atoms with E-state index in [-0.39, 0.29) is 0 Å². The lowest BCUT2D eigenvalue weighted by atomic mass is 10.1. The van der Waals surface area contributed by atoms with E-state index >= 15 is 0 Å². The Bertz CT molecular complexity index is 366. The van der Waals surface area contributed by atoms with Gasteiger partial charge < -0.3 is 19.6 Å². The van der Waals surface area contributed by atoms with Crippen LogP contribution in [0.1, 0.15) is 149 Å². The van der Waals surface area contributed by atoms with Gasteiger partial charge >= 0.3 is 7.82 Å². The van der Waals surface area contributed by atoms with E-state index in [0.29, 0.717) is 0 Å². The summed E-state index contributed by atoms with van der Waals surface area (Å²) in [6.45, 7) is 11.0. The van der Waals surface area contributed by atoms with E-state index in [1.54, 1.807) is 0 Å². The molecular formula is C26H58NO4P. The summed E-state index contributed by atoms with van der Waals surface area (Å²) in [6, 6.07) is 0. The molecule has 0 radical (unpaired) electrons. The summed E-state index contributed by atoms with van der Waals surface area (Å²) in [5, 5.41) is 0. The zero-order valence-corrected chi connectivity index (χ0v) is 22.8. The van der Waals surface area contributed by atoms with Crippen LogP contribution in [-0.2, 0) is 4.57 Å². The summed E-state index contributed by atoms with van der Waals surface area (Å²) in [6.07, 6.45) is 28.7. The molecule has 0 aromatic rings. The highest BCUT2D eigenvalue weighted by Gasteiger charge is 2.05. The Morgan fingerprint density at radius 2 is 0.625 bits per heavy atom. The van der Waals surface area contributed by atoms with Crippen molar-refractivity contribution in [3.05, 3.63) is 0 Å². The smallest absolute Gasteiger partial charge is 0.303 e. The number of rotatable bonds is 23. The number of hydrogen-bond acceptors (Lipinski definition) is 2. The van der Waals surface area contributed by atoms with Crippen LogP contribution >= 0.6 is 7.82 Å². The van der Waals surface area contributed by atoms with Crippen molar-refractivity contribution >= 4 is 7.82 Å². The molecule has 0 aliphatic carbocycles. The number of unbranched alkanes of at least 4 members (excludes halogenated alkanes) is 17. The maximum absolute atomic E-state index is 8.88. The molecule has 0 aromatic heterocycles. The van der Waals surface area contributed by atoms with Crippen LogP contribution in [0.25, 0.3) is 0 Å². The van der Waals surface area contributed by atoms with Crippen LogP contribution in [0.4, 0.5) is 0 Å². The molecule has 3 N–H and O–H groups in total. The van der Waals surface area contributed by atoms with E-state index in [4.69, 9.17) is 19.2 Å². The average Bonchev–Trinajstić information content (AvgIpc) is 2.73. The summed E-state index contributed by atoms with van der Waals surface area (Å²) >= 11 is 0. The Labute approximate surface area is 201 Å². The summed E-state index contributed by atoms with van der Waals surface area (Å²) in [5.41, 5.74) is 0. The van der Waals surface area contributed by atoms with Gasteiger partial charge in [0, 0.05) is 0 Å². The molecule has 0 saturated carbocycles. The van der Waals surface area contributed by atoms with E-state index in [1.807, 2.05) is 0 Å². The lowest BCUT2D eigenvalue weighted by Gasteiger charge is -2.22. The second-order valence-electron chi connectivity index (χ2n) is 9.37. The first-order chi connectivity index (χ1) is 15.3. The highest BCUT2D eigenvalue weighted by Crippen LogP contribution is 2.25.